The molecule has 8 heteroatoms. The van der Waals surface area contributed by atoms with Crippen LogP contribution in [0.2, 0.25) is 0 Å². The fourth-order valence-electron chi connectivity index (χ4n) is 3.12. The van der Waals surface area contributed by atoms with Crippen LogP contribution in [0.1, 0.15) is 20.3 Å². The summed E-state index contributed by atoms with van der Waals surface area (Å²) in [6.07, 6.45) is 0.941. The quantitative estimate of drug-likeness (QED) is 0.486. The number of ether oxygens (including phenoxy) is 1. The molecule has 1 aromatic carbocycles. The number of benzene rings is 1. The average molecular weight is 403 g/mol. The van der Waals surface area contributed by atoms with Gasteiger partial charge in [0.15, 0.2) is 5.16 Å². The second-order valence-corrected chi connectivity index (χ2v) is 8.16. The summed E-state index contributed by atoms with van der Waals surface area (Å²) in [6, 6.07) is 5.67. The number of fused-ring (bicyclic) bond motifs is 3. The lowest BCUT2D eigenvalue weighted by atomic mass is 10.1. The van der Waals surface area contributed by atoms with E-state index >= 15 is 0 Å². The first kappa shape index (κ1) is 20.3. The molecular formula is C20H26N4O3S. The fourth-order valence-corrected chi connectivity index (χ4v) is 3.91. The third-order valence-corrected chi connectivity index (χ3v) is 5.79. The van der Waals surface area contributed by atoms with E-state index in [4.69, 9.17) is 9.72 Å². The molecule has 0 bridgehead atoms. The highest BCUT2D eigenvalue weighted by Crippen LogP contribution is 2.29. The molecule has 0 unspecified atom stereocenters. The van der Waals surface area contributed by atoms with E-state index in [1.165, 1.54) is 16.3 Å². The third-order valence-electron chi connectivity index (χ3n) is 4.76. The molecule has 0 saturated heterocycles. The van der Waals surface area contributed by atoms with Gasteiger partial charge < -0.3 is 14.6 Å². The highest BCUT2D eigenvalue weighted by molar-refractivity contribution is 7.99. The number of amides is 1. The Kier molecular flexibility index (Phi) is 5.98. The van der Waals surface area contributed by atoms with Gasteiger partial charge in [-0.1, -0.05) is 25.6 Å². The molecule has 0 fully saturated rings. The van der Waals surface area contributed by atoms with Crippen molar-refractivity contribution >= 4 is 39.6 Å². The molecule has 3 aromatic rings. The van der Waals surface area contributed by atoms with E-state index in [2.05, 4.69) is 19.2 Å². The first-order valence-corrected chi connectivity index (χ1v) is 10.2. The summed E-state index contributed by atoms with van der Waals surface area (Å²) in [4.78, 5) is 29.7. The number of carbonyl (C=O) groups is 1. The van der Waals surface area contributed by atoms with E-state index in [0.717, 1.165) is 17.3 Å². The van der Waals surface area contributed by atoms with Crippen molar-refractivity contribution in [2.24, 2.45) is 20.0 Å². The lowest BCUT2D eigenvalue weighted by Crippen LogP contribution is -2.27. The van der Waals surface area contributed by atoms with Crippen LogP contribution in [0.15, 0.2) is 28.2 Å². The number of nitrogens with zero attached hydrogens (tertiary/aromatic N) is 3. The van der Waals surface area contributed by atoms with E-state index in [1.807, 2.05) is 29.8 Å². The number of aromatic nitrogens is 3. The van der Waals surface area contributed by atoms with Gasteiger partial charge in [-0.05, 0) is 30.5 Å². The number of hydrogen-bond acceptors (Lipinski definition) is 5. The van der Waals surface area contributed by atoms with Gasteiger partial charge in [0, 0.05) is 26.0 Å². The molecule has 0 atom stereocenters. The largest absolute Gasteiger partial charge is 0.497 e. The molecule has 28 heavy (non-hydrogen) atoms. The molecule has 1 amide bonds. The molecule has 0 spiro atoms. The van der Waals surface area contributed by atoms with Crippen molar-refractivity contribution in [2.45, 2.75) is 25.4 Å². The Morgan fingerprint density at radius 2 is 2.04 bits per heavy atom. The van der Waals surface area contributed by atoms with Crippen LogP contribution in [-0.4, -0.2) is 39.4 Å². The van der Waals surface area contributed by atoms with Gasteiger partial charge in [0.1, 0.15) is 16.8 Å². The Balaban J connectivity index is 1.93. The third kappa shape index (κ3) is 3.87. The monoisotopic (exact) mass is 402 g/mol. The number of methoxy groups -OCH3 is 1. The second-order valence-electron chi connectivity index (χ2n) is 7.22. The van der Waals surface area contributed by atoms with Crippen LogP contribution in [0.25, 0.3) is 21.9 Å². The summed E-state index contributed by atoms with van der Waals surface area (Å²) in [5.74, 6) is 1.42. The highest BCUT2D eigenvalue weighted by Gasteiger charge is 2.18. The average Bonchev–Trinajstić information content (AvgIpc) is 2.94. The Bertz CT molecular complexity index is 1080. The fraction of sp³-hybridized carbons (Fsp3) is 0.450. The Labute approximate surface area is 168 Å². The van der Waals surface area contributed by atoms with Crippen LogP contribution in [-0.2, 0) is 18.9 Å². The molecule has 0 radical (unpaired) electrons. The van der Waals surface area contributed by atoms with Crippen LogP contribution < -0.4 is 15.6 Å². The van der Waals surface area contributed by atoms with Crippen LogP contribution in [0, 0.1) is 5.92 Å². The first-order valence-electron chi connectivity index (χ1n) is 9.26. The summed E-state index contributed by atoms with van der Waals surface area (Å²) < 4.78 is 8.68. The SMILES string of the molecule is COc1ccc2c(c1)c1nc(SCC(=O)NCCC(C)C)n(C)c(=O)c1n2C. The maximum atomic E-state index is 12.9. The first-order chi connectivity index (χ1) is 13.3. The minimum Gasteiger partial charge on any atom is -0.497 e. The van der Waals surface area contributed by atoms with E-state index in [9.17, 15) is 9.59 Å². The molecule has 0 aliphatic carbocycles. The summed E-state index contributed by atoms with van der Waals surface area (Å²) >= 11 is 1.27. The van der Waals surface area contributed by atoms with Gasteiger partial charge in [0.25, 0.3) is 5.56 Å². The van der Waals surface area contributed by atoms with Crippen molar-refractivity contribution in [1.29, 1.82) is 0 Å². The zero-order valence-corrected chi connectivity index (χ0v) is 17.7. The zero-order valence-electron chi connectivity index (χ0n) is 16.9. The molecule has 150 valence electrons. The van der Waals surface area contributed by atoms with Gasteiger partial charge in [-0.3, -0.25) is 14.2 Å². The Hall–Kier alpha value is -2.48. The number of thioether (sulfide) groups is 1. The Morgan fingerprint density at radius 3 is 2.71 bits per heavy atom. The predicted octanol–water partition coefficient (Wildman–Crippen LogP) is 2.69. The van der Waals surface area contributed by atoms with Crippen molar-refractivity contribution < 1.29 is 9.53 Å². The lowest BCUT2D eigenvalue weighted by molar-refractivity contribution is -0.118. The maximum Gasteiger partial charge on any atom is 0.278 e. The normalized spacial score (nSPS) is 11.5. The highest BCUT2D eigenvalue weighted by atomic mass is 32.2. The number of rotatable bonds is 7. The smallest absolute Gasteiger partial charge is 0.278 e. The van der Waals surface area contributed by atoms with Gasteiger partial charge in [-0.25, -0.2) is 4.98 Å². The number of nitrogens with one attached hydrogen (secondary N) is 1. The molecule has 7 nitrogen and oxygen atoms in total. The topological polar surface area (TPSA) is 78.2 Å². The van der Waals surface area contributed by atoms with Gasteiger partial charge >= 0.3 is 0 Å². The number of carbonyl (C=O) groups excluding carboxylic acids is 1. The Morgan fingerprint density at radius 1 is 1.29 bits per heavy atom. The van der Waals surface area contributed by atoms with E-state index in [-0.39, 0.29) is 17.2 Å². The molecule has 1 N–H and O–H groups in total. The van der Waals surface area contributed by atoms with E-state index < -0.39 is 0 Å². The summed E-state index contributed by atoms with van der Waals surface area (Å²) in [6.45, 7) is 4.90. The molecule has 0 aliphatic rings. The van der Waals surface area contributed by atoms with Crippen LogP contribution in [0.4, 0.5) is 0 Å². The van der Waals surface area contributed by atoms with Crippen molar-refractivity contribution in [2.75, 3.05) is 19.4 Å². The maximum absolute atomic E-state index is 12.9. The van der Waals surface area contributed by atoms with Crippen LogP contribution in [0.3, 0.4) is 0 Å². The lowest BCUT2D eigenvalue weighted by Gasteiger charge is -2.09. The van der Waals surface area contributed by atoms with Gasteiger partial charge in [0.2, 0.25) is 5.91 Å². The molecular weight excluding hydrogens is 376 g/mol. The van der Waals surface area contributed by atoms with Crippen molar-refractivity contribution in [1.82, 2.24) is 19.4 Å². The number of aryl methyl sites for hydroxylation is 1. The second kappa shape index (κ2) is 8.26. The van der Waals surface area contributed by atoms with Gasteiger partial charge in [-0.15, -0.1) is 0 Å². The molecule has 2 heterocycles. The minimum atomic E-state index is -0.134. The van der Waals surface area contributed by atoms with Crippen molar-refractivity contribution in [3.8, 4) is 5.75 Å². The van der Waals surface area contributed by atoms with E-state index in [0.29, 0.717) is 34.4 Å². The molecule has 0 saturated carbocycles. The predicted molar refractivity (Wildman–Crippen MR) is 113 cm³/mol. The summed E-state index contributed by atoms with van der Waals surface area (Å²) in [5.41, 5.74) is 1.94. The van der Waals surface area contributed by atoms with Crippen molar-refractivity contribution in [3.05, 3.63) is 28.6 Å². The standard InChI is InChI=1S/C20H26N4O3S/c1-12(2)8-9-21-16(25)11-28-20-22-17-14-10-13(27-5)6-7-15(14)23(3)18(17)19(26)24(20)4/h6-7,10,12H,8-9,11H2,1-5H3,(H,21,25). The van der Waals surface area contributed by atoms with Crippen LogP contribution in [0.5, 0.6) is 5.75 Å². The summed E-state index contributed by atoms with van der Waals surface area (Å²) in [5, 5.41) is 4.29. The van der Waals surface area contributed by atoms with Crippen molar-refractivity contribution in [3.63, 3.8) is 0 Å². The van der Waals surface area contributed by atoms with Gasteiger partial charge in [-0.2, -0.15) is 0 Å². The molecule has 0 aliphatic heterocycles. The molecule has 2 aromatic heterocycles. The number of hydrogen-bond donors (Lipinski definition) is 1. The minimum absolute atomic E-state index is 0.0559. The van der Waals surface area contributed by atoms with Crippen LogP contribution >= 0.6 is 11.8 Å². The van der Waals surface area contributed by atoms with Gasteiger partial charge in [0.05, 0.1) is 18.4 Å². The molecule has 3 rings (SSSR count). The zero-order chi connectivity index (χ0) is 20.4. The van der Waals surface area contributed by atoms with E-state index in [1.54, 1.807) is 14.2 Å². The summed E-state index contributed by atoms with van der Waals surface area (Å²) in [7, 11) is 5.15.